The number of rotatable bonds is 1. The Hall–Kier alpha value is -1.77. The average Bonchev–Trinajstić information content (AvgIpc) is 2.68. The summed E-state index contributed by atoms with van der Waals surface area (Å²) in [5.41, 5.74) is 3.71. The first-order valence-corrected chi connectivity index (χ1v) is 5.44. The van der Waals surface area contributed by atoms with Gasteiger partial charge < -0.3 is 10.1 Å². The summed E-state index contributed by atoms with van der Waals surface area (Å²) in [6.07, 6.45) is 10.2. The van der Waals surface area contributed by atoms with Crippen molar-refractivity contribution in [1.29, 1.82) is 0 Å². The van der Waals surface area contributed by atoms with Gasteiger partial charge in [-0.15, -0.1) is 0 Å². The van der Waals surface area contributed by atoms with Crippen LogP contribution in [0.4, 0.5) is 5.69 Å². The SMILES string of the molecule is COC1=CC2Nc3c(C)cncc3C2C=C1. The van der Waals surface area contributed by atoms with Gasteiger partial charge in [0.15, 0.2) is 0 Å². The molecule has 0 fully saturated rings. The minimum Gasteiger partial charge on any atom is -0.497 e. The van der Waals surface area contributed by atoms with E-state index in [1.54, 1.807) is 7.11 Å². The van der Waals surface area contributed by atoms with Gasteiger partial charge >= 0.3 is 0 Å². The summed E-state index contributed by atoms with van der Waals surface area (Å²) in [5.74, 6) is 1.31. The van der Waals surface area contributed by atoms with Crippen LogP contribution < -0.4 is 5.32 Å². The Bertz CT molecular complexity index is 491. The topological polar surface area (TPSA) is 34.1 Å². The highest BCUT2D eigenvalue weighted by molar-refractivity contribution is 5.66. The number of pyridine rings is 1. The highest BCUT2D eigenvalue weighted by atomic mass is 16.5. The van der Waals surface area contributed by atoms with E-state index < -0.39 is 0 Å². The quantitative estimate of drug-likeness (QED) is 0.779. The molecule has 0 saturated heterocycles. The first kappa shape index (κ1) is 9.46. The van der Waals surface area contributed by atoms with Crippen LogP contribution in [0.5, 0.6) is 0 Å². The van der Waals surface area contributed by atoms with Crippen molar-refractivity contribution in [3.05, 3.63) is 47.5 Å². The lowest BCUT2D eigenvalue weighted by molar-refractivity contribution is 0.302. The molecule has 2 atom stereocenters. The fraction of sp³-hybridized carbons (Fsp3) is 0.308. The Morgan fingerprint density at radius 1 is 1.38 bits per heavy atom. The van der Waals surface area contributed by atoms with Gasteiger partial charge in [0.2, 0.25) is 0 Å². The molecule has 1 aromatic heterocycles. The maximum absolute atomic E-state index is 5.25. The first-order valence-electron chi connectivity index (χ1n) is 5.44. The van der Waals surface area contributed by atoms with Crippen LogP contribution in [0, 0.1) is 6.92 Å². The third-order valence-electron chi connectivity index (χ3n) is 3.27. The molecular weight excluding hydrogens is 200 g/mol. The summed E-state index contributed by atoms with van der Waals surface area (Å²) < 4.78 is 5.25. The molecule has 0 spiro atoms. The monoisotopic (exact) mass is 214 g/mol. The fourth-order valence-electron chi connectivity index (χ4n) is 2.42. The number of allylic oxidation sites excluding steroid dienone is 1. The van der Waals surface area contributed by atoms with Crippen LogP contribution in [-0.4, -0.2) is 18.1 Å². The molecule has 1 aliphatic carbocycles. The molecule has 82 valence electrons. The van der Waals surface area contributed by atoms with E-state index in [0.717, 1.165) is 5.76 Å². The zero-order valence-corrected chi connectivity index (χ0v) is 9.40. The van der Waals surface area contributed by atoms with E-state index in [1.165, 1.54) is 16.8 Å². The summed E-state index contributed by atoms with van der Waals surface area (Å²) in [6.45, 7) is 2.08. The second-order valence-electron chi connectivity index (χ2n) is 4.25. The van der Waals surface area contributed by atoms with Crippen LogP contribution in [0.1, 0.15) is 17.0 Å². The first-order chi connectivity index (χ1) is 7.79. The summed E-state index contributed by atoms with van der Waals surface area (Å²) in [6, 6.07) is 0.304. The molecule has 0 amide bonds. The highest BCUT2D eigenvalue weighted by Gasteiger charge is 2.32. The second kappa shape index (κ2) is 3.37. The highest BCUT2D eigenvalue weighted by Crippen LogP contribution is 2.40. The van der Waals surface area contributed by atoms with Crippen LogP contribution >= 0.6 is 0 Å². The molecule has 0 saturated carbocycles. The molecule has 0 aromatic carbocycles. The van der Waals surface area contributed by atoms with Crippen molar-refractivity contribution in [3.8, 4) is 0 Å². The van der Waals surface area contributed by atoms with Crippen molar-refractivity contribution < 1.29 is 4.74 Å². The number of hydrogen-bond acceptors (Lipinski definition) is 3. The summed E-state index contributed by atoms with van der Waals surface area (Å²) in [4.78, 5) is 4.26. The van der Waals surface area contributed by atoms with Gasteiger partial charge in [0.1, 0.15) is 5.76 Å². The molecule has 3 nitrogen and oxygen atoms in total. The minimum absolute atomic E-state index is 0.304. The van der Waals surface area contributed by atoms with Crippen LogP contribution in [0.3, 0.4) is 0 Å². The number of methoxy groups -OCH3 is 1. The largest absolute Gasteiger partial charge is 0.497 e. The van der Waals surface area contributed by atoms with E-state index in [-0.39, 0.29) is 0 Å². The smallest absolute Gasteiger partial charge is 0.116 e. The van der Waals surface area contributed by atoms with Gasteiger partial charge in [0.05, 0.1) is 13.2 Å². The molecule has 3 heteroatoms. The lowest BCUT2D eigenvalue weighted by Gasteiger charge is -2.18. The van der Waals surface area contributed by atoms with Crippen molar-refractivity contribution in [2.24, 2.45) is 0 Å². The number of aromatic nitrogens is 1. The molecular formula is C13H14N2O. The maximum Gasteiger partial charge on any atom is 0.116 e. The number of nitrogens with one attached hydrogen (secondary N) is 1. The van der Waals surface area contributed by atoms with Crippen molar-refractivity contribution in [3.63, 3.8) is 0 Å². The van der Waals surface area contributed by atoms with Gasteiger partial charge in [0.25, 0.3) is 0 Å². The molecule has 3 rings (SSSR count). The van der Waals surface area contributed by atoms with E-state index in [2.05, 4.69) is 29.4 Å². The third-order valence-corrected chi connectivity index (χ3v) is 3.27. The molecule has 0 radical (unpaired) electrons. The molecule has 1 N–H and O–H groups in total. The predicted molar refractivity (Wildman–Crippen MR) is 63.4 cm³/mol. The van der Waals surface area contributed by atoms with Crippen molar-refractivity contribution in [1.82, 2.24) is 4.98 Å². The molecule has 1 aliphatic heterocycles. The summed E-state index contributed by atoms with van der Waals surface area (Å²) in [5, 5.41) is 3.52. The molecule has 2 aliphatic rings. The predicted octanol–water partition coefficient (Wildman–Crippen LogP) is 2.37. The molecule has 1 aromatic rings. The number of fused-ring (bicyclic) bond motifs is 3. The lowest BCUT2D eigenvalue weighted by Crippen LogP contribution is -2.19. The van der Waals surface area contributed by atoms with Gasteiger partial charge in [-0.1, -0.05) is 6.08 Å². The molecule has 16 heavy (non-hydrogen) atoms. The van der Waals surface area contributed by atoms with E-state index in [9.17, 15) is 0 Å². The van der Waals surface area contributed by atoms with Gasteiger partial charge in [0, 0.05) is 29.6 Å². The van der Waals surface area contributed by atoms with Gasteiger partial charge in [-0.3, -0.25) is 4.98 Å². The Balaban J connectivity index is 2.04. The number of nitrogens with zero attached hydrogens (tertiary/aromatic N) is 1. The van der Waals surface area contributed by atoms with Crippen LogP contribution in [-0.2, 0) is 4.74 Å². The fourth-order valence-corrected chi connectivity index (χ4v) is 2.42. The Morgan fingerprint density at radius 2 is 2.25 bits per heavy atom. The van der Waals surface area contributed by atoms with Gasteiger partial charge in [-0.25, -0.2) is 0 Å². The maximum atomic E-state index is 5.25. The number of ether oxygens (including phenoxy) is 1. The molecule has 2 heterocycles. The van der Waals surface area contributed by atoms with E-state index in [1.807, 2.05) is 18.5 Å². The van der Waals surface area contributed by atoms with Crippen molar-refractivity contribution >= 4 is 5.69 Å². The summed E-state index contributed by atoms with van der Waals surface area (Å²) >= 11 is 0. The van der Waals surface area contributed by atoms with Crippen molar-refractivity contribution in [2.45, 2.75) is 18.9 Å². The minimum atomic E-state index is 0.304. The lowest BCUT2D eigenvalue weighted by atomic mass is 9.92. The standard InChI is InChI=1S/C13H14N2O/c1-8-6-14-7-11-10-4-3-9(16-2)5-12(10)15-13(8)11/h3-7,10,12,15H,1-2H3. The van der Waals surface area contributed by atoms with E-state index in [0.29, 0.717) is 12.0 Å². The number of anilines is 1. The second-order valence-corrected chi connectivity index (χ2v) is 4.25. The normalized spacial score (nSPS) is 25.5. The van der Waals surface area contributed by atoms with Gasteiger partial charge in [-0.05, 0) is 24.6 Å². The molecule has 0 bridgehead atoms. The van der Waals surface area contributed by atoms with Crippen LogP contribution in [0.15, 0.2) is 36.4 Å². The van der Waals surface area contributed by atoms with Crippen LogP contribution in [0.2, 0.25) is 0 Å². The van der Waals surface area contributed by atoms with Gasteiger partial charge in [-0.2, -0.15) is 0 Å². The molecule has 2 unspecified atom stereocenters. The van der Waals surface area contributed by atoms with Crippen LogP contribution in [0.25, 0.3) is 0 Å². The Morgan fingerprint density at radius 3 is 3.06 bits per heavy atom. The zero-order chi connectivity index (χ0) is 11.1. The Kier molecular flexibility index (Phi) is 1.99. The van der Waals surface area contributed by atoms with E-state index >= 15 is 0 Å². The number of hydrogen-bond donors (Lipinski definition) is 1. The Labute approximate surface area is 94.8 Å². The summed E-state index contributed by atoms with van der Waals surface area (Å²) in [7, 11) is 1.70. The zero-order valence-electron chi connectivity index (χ0n) is 9.40. The van der Waals surface area contributed by atoms with Crippen molar-refractivity contribution in [2.75, 3.05) is 12.4 Å². The van der Waals surface area contributed by atoms with E-state index in [4.69, 9.17) is 4.74 Å². The number of aryl methyl sites for hydroxylation is 1. The third kappa shape index (κ3) is 1.24. The average molecular weight is 214 g/mol.